The van der Waals surface area contributed by atoms with Crippen molar-refractivity contribution in [3.8, 4) is 0 Å². The summed E-state index contributed by atoms with van der Waals surface area (Å²) in [7, 11) is 0. The first-order valence-corrected chi connectivity index (χ1v) is 4.40. The molecule has 0 heterocycles. The maximum atomic E-state index is 11.7. The van der Waals surface area contributed by atoms with Crippen molar-refractivity contribution >= 4 is 18.6 Å². The average Bonchev–Trinajstić information content (AvgIpc) is 1.84. The van der Waals surface area contributed by atoms with Gasteiger partial charge in [-0.1, -0.05) is 31.4 Å². The summed E-state index contributed by atoms with van der Waals surface area (Å²) in [6, 6.07) is 0. The van der Waals surface area contributed by atoms with Gasteiger partial charge >= 0.3 is 58.4 Å². The molecule has 0 N–H and O–H groups in total. The zero-order chi connectivity index (χ0) is 9.61. The van der Waals surface area contributed by atoms with E-state index >= 15 is 0 Å². The summed E-state index contributed by atoms with van der Waals surface area (Å²) in [6.07, 6.45) is 2.99. The van der Waals surface area contributed by atoms with Crippen molar-refractivity contribution in [3.63, 3.8) is 0 Å². The van der Waals surface area contributed by atoms with Crippen molar-refractivity contribution in [2.75, 3.05) is 0 Å². The minimum absolute atomic E-state index is 0. The maximum Gasteiger partial charge on any atom is 1.00 e. The third-order valence-electron chi connectivity index (χ3n) is 1.39. The summed E-state index contributed by atoms with van der Waals surface area (Å²) in [4.78, 5) is 0. The number of halogens is 4. The Morgan fingerprint density at radius 3 is 2.23 bits per heavy atom. The van der Waals surface area contributed by atoms with Crippen molar-refractivity contribution in [3.05, 3.63) is 11.0 Å². The van der Waals surface area contributed by atoms with Crippen molar-refractivity contribution in [1.82, 2.24) is 0 Å². The second-order valence-corrected chi connectivity index (χ2v) is 3.18. The molecule has 0 spiro atoms. The van der Waals surface area contributed by atoms with Crippen LogP contribution in [0.1, 0.15) is 32.6 Å². The van der Waals surface area contributed by atoms with E-state index in [1.165, 1.54) is 0 Å². The Balaban J connectivity index is 0. The molecule has 0 aromatic rings. The van der Waals surface area contributed by atoms with Crippen LogP contribution in [0.15, 0.2) is 11.0 Å². The van der Waals surface area contributed by atoms with Gasteiger partial charge in [0.1, 0.15) is 0 Å². The summed E-state index contributed by atoms with van der Waals surface area (Å²) in [6.45, 7) is -2.87. The molecule has 0 saturated carbocycles. The molecule has 0 amide bonds. The van der Waals surface area contributed by atoms with Crippen LogP contribution in [0.2, 0.25) is 0 Å². The van der Waals surface area contributed by atoms with Gasteiger partial charge in [0.15, 0.2) is 0 Å². The fourth-order valence-corrected chi connectivity index (χ4v) is 1.11. The number of hydrogen-bond donors (Lipinski definition) is 0. The predicted octanol–water partition coefficient (Wildman–Crippen LogP) is 1.08. The van der Waals surface area contributed by atoms with Crippen LogP contribution in [0.5, 0.6) is 0 Å². The van der Waals surface area contributed by atoms with Crippen molar-refractivity contribution in [2.45, 2.75) is 32.6 Å². The van der Waals surface area contributed by atoms with Crippen LogP contribution in [-0.2, 0) is 0 Å². The second-order valence-electron chi connectivity index (χ2n) is 2.70. The Bertz CT molecular complexity index is 158. The van der Waals surface area contributed by atoms with E-state index in [0.29, 0.717) is 6.42 Å². The normalized spacial score (nSPS) is 12.5. The Hall–Kier alpha value is 1.52. The van der Waals surface area contributed by atoms with Crippen molar-refractivity contribution < 1.29 is 64.3 Å². The van der Waals surface area contributed by atoms with E-state index in [0.717, 1.165) is 19.3 Å². The average molecular weight is 239 g/mol. The topological polar surface area (TPSA) is 0 Å². The van der Waals surface area contributed by atoms with E-state index < -0.39 is 6.98 Å². The molecule has 6 heteroatoms. The van der Waals surface area contributed by atoms with Gasteiger partial charge in [0.25, 0.3) is 0 Å². The molecule has 0 nitrogen and oxygen atoms in total. The molecule has 0 saturated heterocycles. The zero-order valence-electron chi connectivity index (χ0n) is 7.99. The van der Waals surface area contributed by atoms with Gasteiger partial charge in [-0.25, -0.2) is 0 Å². The van der Waals surface area contributed by atoms with Crippen LogP contribution in [0.25, 0.3) is 0 Å². The number of unbranched alkanes of at least 4 members (excludes halogenated alkanes) is 2. The van der Waals surface area contributed by atoms with Gasteiger partial charge in [-0.05, 0) is 17.9 Å². The maximum absolute atomic E-state index is 11.7. The van der Waals surface area contributed by atoms with Gasteiger partial charge in [0, 0.05) is 0 Å². The molecule has 13 heavy (non-hydrogen) atoms. The molecule has 0 bridgehead atoms. The number of rotatable bonds is 5. The molecule has 0 rings (SSSR count). The zero-order valence-corrected chi connectivity index (χ0v) is 11.9. The van der Waals surface area contributed by atoms with Crippen LogP contribution in [-0.4, -0.2) is 6.98 Å². The molecule has 0 aliphatic carbocycles. The predicted molar refractivity (Wildman–Crippen MR) is 47.2 cm³/mol. The van der Waals surface area contributed by atoms with Gasteiger partial charge in [-0.3, -0.25) is 0 Å². The Morgan fingerprint density at radius 1 is 1.31 bits per heavy atom. The molecule has 0 aliphatic rings. The number of allylic oxidation sites excluding steroid dienone is 1. The quantitative estimate of drug-likeness (QED) is 0.497. The molecular weight excluding hydrogens is 226 g/mol. The minimum Gasteiger partial charge on any atom is -0.445 e. The smallest absolute Gasteiger partial charge is 0.445 e. The molecule has 0 atom stereocenters. The van der Waals surface area contributed by atoms with E-state index in [4.69, 9.17) is 11.6 Å². The van der Waals surface area contributed by atoms with E-state index in [-0.39, 0.29) is 62.4 Å². The largest absolute Gasteiger partial charge is 1.00 e. The Kier molecular flexibility index (Phi) is 11.5. The molecule has 0 aliphatic heterocycles. The summed E-state index contributed by atoms with van der Waals surface area (Å²) < 4.78 is 35.2. The van der Waals surface area contributed by atoms with Crippen LogP contribution >= 0.6 is 11.6 Å². The van der Waals surface area contributed by atoms with Crippen LogP contribution in [0, 0.1) is 0 Å². The van der Waals surface area contributed by atoms with E-state index in [9.17, 15) is 12.9 Å². The number of hydrogen-bond acceptors (Lipinski definition) is 0. The summed E-state index contributed by atoms with van der Waals surface area (Å²) in [5, 5.41) is -0.0732. The molecule has 0 aromatic heterocycles. The molecule has 0 aromatic carbocycles. The monoisotopic (exact) mass is 238 g/mol. The van der Waals surface area contributed by atoms with Gasteiger partial charge in [-0.2, -0.15) is 0 Å². The van der Waals surface area contributed by atoms with Crippen molar-refractivity contribution in [1.29, 1.82) is 0 Å². The van der Waals surface area contributed by atoms with Crippen molar-refractivity contribution in [2.24, 2.45) is 0 Å². The van der Waals surface area contributed by atoms with Crippen LogP contribution in [0.3, 0.4) is 0 Å². The van der Waals surface area contributed by atoms with Gasteiger partial charge in [0.2, 0.25) is 0 Å². The summed E-state index contributed by atoms with van der Waals surface area (Å²) in [5.74, 6) is 0.219. The summed E-state index contributed by atoms with van der Waals surface area (Å²) in [5.41, 5.74) is 0. The molecular formula is C7H12BClF3K. The first kappa shape index (κ1) is 16.9. The Labute approximate surface area is 125 Å². The van der Waals surface area contributed by atoms with E-state index in [1.807, 2.05) is 6.92 Å². The SMILES string of the molecule is CCCCC/C(Cl)=C/[B-](F)(F)F.[K+]. The third-order valence-corrected chi connectivity index (χ3v) is 1.70. The van der Waals surface area contributed by atoms with Gasteiger partial charge < -0.3 is 12.9 Å². The fourth-order valence-electron chi connectivity index (χ4n) is 0.832. The molecule has 0 radical (unpaired) electrons. The third kappa shape index (κ3) is 13.5. The van der Waals surface area contributed by atoms with Crippen LogP contribution in [0.4, 0.5) is 12.9 Å². The van der Waals surface area contributed by atoms with Gasteiger partial charge in [-0.15, -0.1) is 5.98 Å². The van der Waals surface area contributed by atoms with Crippen LogP contribution < -0.4 is 51.4 Å². The Morgan fingerprint density at radius 2 is 1.85 bits per heavy atom. The summed E-state index contributed by atoms with van der Waals surface area (Å²) >= 11 is 5.36. The molecule has 72 valence electrons. The first-order valence-electron chi connectivity index (χ1n) is 4.03. The van der Waals surface area contributed by atoms with Gasteiger partial charge in [0.05, 0.1) is 0 Å². The molecule has 0 unspecified atom stereocenters. The fraction of sp³-hybridized carbons (Fsp3) is 0.714. The van der Waals surface area contributed by atoms with E-state index in [2.05, 4.69) is 0 Å². The second kappa shape index (κ2) is 8.80. The standard InChI is InChI=1S/C7H12BClF3.K/c1-2-3-4-5-7(9)6-8(10,11)12;/h6H,2-5H2,1H3;/q-1;+1/b7-6-;. The minimum atomic E-state index is -4.86. The first-order chi connectivity index (χ1) is 5.45. The van der Waals surface area contributed by atoms with E-state index in [1.54, 1.807) is 0 Å². The molecule has 0 fully saturated rings.